The van der Waals surface area contributed by atoms with Gasteiger partial charge < -0.3 is 10.0 Å². The zero-order valence-electron chi connectivity index (χ0n) is 12.5. The number of amides is 1. The van der Waals surface area contributed by atoms with Crippen LogP contribution in [0.5, 0.6) is 0 Å². The number of carbonyl (C=O) groups is 1. The fourth-order valence-corrected chi connectivity index (χ4v) is 3.14. The Morgan fingerprint density at radius 2 is 2.33 bits per heavy atom. The minimum absolute atomic E-state index is 0.00477. The lowest BCUT2D eigenvalue weighted by Crippen LogP contribution is -2.51. The predicted octanol–water partition coefficient (Wildman–Crippen LogP) is 1.96. The van der Waals surface area contributed by atoms with Crippen molar-refractivity contribution in [2.24, 2.45) is 5.92 Å². The first-order valence-corrected chi connectivity index (χ1v) is 7.47. The van der Waals surface area contributed by atoms with Crippen LogP contribution in [0.25, 0.3) is 5.52 Å². The van der Waals surface area contributed by atoms with Crippen molar-refractivity contribution < 1.29 is 9.90 Å². The van der Waals surface area contributed by atoms with E-state index in [4.69, 9.17) is 0 Å². The molecule has 3 rings (SSSR count). The summed E-state index contributed by atoms with van der Waals surface area (Å²) in [6.07, 6.45) is 4.95. The van der Waals surface area contributed by atoms with Crippen LogP contribution < -0.4 is 0 Å². The second-order valence-electron chi connectivity index (χ2n) is 6.05. The molecule has 0 unspecified atom stereocenters. The Labute approximate surface area is 124 Å². The molecule has 5 nitrogen and oxygen atoms in total. The van der Waals surface area contributed by atoms with Crippen molar-refractivity contribution in [3.63, 3.8) is 0 Å². The van der Waals surface area contributed by atoms with Gasteiger partial charge in [-0.1, -0.05) is 13.0 Å². The maximum Gasteiger partial charge on any atom is 0.257 e. The van der Waals surface area contributed by atoms with Gasteiger partial charge in [-0.15, -0.1) is 0 Å². The molecule has 2 atom stereocenters. The van der Waals surface area contributed by atoms with Crippen molar-refractivity contribution in [2.75, 3.05) is 13.1 Å². The van der Waals surface area contributed by atoms with E-state index in [1.807, 2.05) is 36.2 Å². The molecule has 0 bridgehead atoms. The third kappa shape index (κ3) is 2.42. The maximum absolute atomic E-state index is 12.7. The van der Waals surface area contributed by atoms with Gasteiger partial charge in [0.05, 0.1) is 22.9 Å². The van der Waals surface area contributed by atoms with Crippen molar-refractivity contribution in [1.29, 1.82) is 0 Å². The molecule has 5 heteroatoms. The second kappa shape index (κ2) is 5.15. The highest BCUT2D eigenvalue weighted by atomic mass is 16.3. The van der Waals surface area contributed by atoms with E-state index in [1.165, 1.54) is 0 Å². The molecule has 1 aliphatic rings. The van der Waals surface area contributed by atoms with Gasteiger partial charge in [0.1, 0.15) is 0 Å². The number of aliphatic hydroxyl groups is 1. The number of aromatic nitrogens is 2. The van der Waals surface area contributed by atoms with Crippen LogP contribution >= 0.6 is 0 Å². The van der Waals surface area contributed by atoms with Crippen LogP contribution in [0.1, 0.15) is 37.0 Å². The van der Waals surface area contributed by atoms with E-state index in [-0.39, 0.29) is 11.8 Å². The van der Waals surface area contributed by atoms with Crippen LogP contribution in [0, 0.1) is 5.92 Å². The van der Waals surface area contributed by atoms with Crippen LogP contribution in [0.15, 0.2) is 30.6 Å². The highest BCUT2D eigenvalue weighted by Crippen LogP contribution is 2.30. The van der Waals surface area contributed by atoms with E-state index in [0.29, 0.717) is 25.1 Å². The van der Waals surface area contributed by atoms with Crippen LogP contribution in [0.3, 0.4) is 0 Å². The largest absolute Gasteiger partial charge is 0.390 e. The van der Waals surface area contributed by atoms with Gasteiger partial charge in [0.25, 0.3) is 5.91 Å². The van der Waals surface area contributed by atoms with E-state index in [2.05, 4.69) is 12.0 Å². The lowest BCUT2D eigenvalue weighted by atomic mass is 9.81. The second-order valence-corrected chi connectivity index (χ2v) is 6.05. The summed E-state index contributed by atoms with van der Waals surface area (Å²) >= 11 is 0. The first kappa shape index (κ1) is 14.1. The third-order valence-corrected chi connectivity index (χ3v) is 4.65. The highest BCUT2D eigenvalue weighted by Gasteiger charge is 2.38. The lowest BCUT2D eigenvalue weighted by Gasteiger charge is -2.42. The van der Waals surface area contributed by atoms with Crippen LogP contribution in [-0.4, -0.2) is 44.2 Å². The van der Waals surface area contributed by atoms with E-state index in [1.54, 1.807) is 10.7 Å². The standard InChI is InChI=1S/C16H21N3O2/c1-3-12-11-18(9-7-16(12,2)21)15(20)13-10-17-19-8-5-4-6-14(13)19/h4-6,8,10,12,21H,3,7,9,11H2,1-2H3/t12-,16+/m0/s1. The SMILES string of the molecule is CC[C@H]1CN(C(=O)c2cnn3ccccc23)CC[C@@]1(C)O. The van der Waals surface area contributed by atoms with E-state index in [0.717, 1.165) is 11.9 Å². The Morgan fingerprint density at radius 3 is 3.10 bits per heavy atom. The number of nitrogens with zero attached hydrogens (tertiary/aromatic N) is 3. The molecule has 1 aliphatic heterocycles. The zero-order valence-corrected chi connectivity index (χ0v) is 12.5. The van der Waals surface area contributed by atoms with Crippen molar-refractivity contribution in [3.8, 4) is 0 Å². The molecule has 0 saturated carbocycles. The molecule has 1 N–H and O–H groups in total. The molecular weight excluding hydrogens is 266 g/mol. The average molecular weight is 287 g/mol. The van der Waals surface area contributed by atoms with Crippen LogP contribution in [0.4, 0.5) is 0 Å². The third-order valence-electron chi connectivity index (χ3n) is 4.65. The van der Waals surface area contributed by atoms with E-state index < -0.39 is 5.60 Å². The Morgan fingerprint density at radius 1 is 1.52 bits per heavy atom. The zero-order chi connectivity index (χ0) is 15.0. The normalized spacial score (nSPS) is 26.2. The Kier molecular flexibility index (Phi) is 3.45. The summed E-state index contributed by atoms with van der Waals surface area (Å²) in [5.41, 5.74) is 0.784. The van der Waals surface area contributed by atoms with Crippen LogP contribution in [0.2, 0.25) is 0 Å². The minimum Gasteiger partial charge on any atom is -0.390 e. The quantitative estimate of drug-likeness (QED) is 0.918. The van der Waals surface area contributed by atoms with Gasteiger partial charge in [0.2, 0.25) is 0 Å². The first-order chi connectivity index (χ1) is 10.0. The van der Waals surface area contributed by atoms with Crippen molar-refractivity contribution in [3.05, 3.63) is 36.2 Å². The molecular formula is C16H21N3O2. The Bertz CT molecular complexity index is 662. The van der Waals surface area contributed by atoms with E-state index >= 15 is 0 Å². The Hall–Kier alpha value is -1.88. The number of pyridine rings is 1. The first-order valence-electron chi connectivity index (χ1n) is 7.47. The van der Waals surface area contributed by atoms with Gasteiger partial charge in [0.15, 0.2) is 0 Å². The molecule has 1 saturated heterocycles. The lowest BCUT2D eigenvalue weighted by molar-refractivity contribution is -0.0520. The minimum atomic E-state index is -0.674. The predicted molar refractivity (Wildman–Crippen MR) is 80.1 cm³/mol. The van der Waals surface area contributed by atoms with Crippen LogP contribution in [-0.2, 0) is 0 Å². The number of rotatable bonds is 2. The molecule has 21 heavy (non-hydrogen) atoms. The number of fused-ring (bicyclic) bond motifs is 1. The smallest absolute Gasteiger partial charge is 0.257 e. The summed E-state index contributed by atoms with van der Waals surface area (Å²) in [5.74, 6) is 0.127. The molecule has 0 radical (unpaired) electrons. The van der Waals surface area contributed by atoms with Crippen molar-refractivity contribution >= 4 is 11.4 Å². The summed E-state index contributed by atoms with van der Waals surface area (Å²) in [5, 5.41) is 14.6. The fourth-order valence-electron chi connectivity index (χ4n) is 3.14. The molecule has 0 aliphatic carbocycles. The van der Waals surface area contributed by atoms with Crippen molar-refractivity contribution in [1.82, 2.24) is 14.5 Å². The van der Waals surface area contributed by atoms with Gasteiger partial charge >= 0.3 is 0 Å². The van der Waals surface area contributed by atoms with E-state index in [9.17, 15) is 9.90 Å². The number of likely N-dealkylation sites (tertiary alicyclic amines) is 1. The summed E-state index contributed by atoms with van der Waals surface area (Å²) in [4.78, 5) is 14.6. The molecule has 2 aromatic heterocycles. The average Bonchev–Trinajstić information content (AvgIpc) is 2.90. The summed E-state index contributed by atoms with van der Waals surface area (Å²) in [6.45, 7) is 5.12. The van der Waals surface area contributed by atoms with Crippen molar-refractivity contribution in [2.45, 2.75) is 32.3 Å². The molecule has 0 aromatic carbocycles. The molecule has 3 heterocycles. The molecule has 1 amide bonds. The maximum atomic E-state index is 12.7. The summed E-state index contributed by atoms with van der Waals surface area (Å²) in [7, 11) is 0. The number of carbonyl (C=O) groups excluding carboxylic acids is 1. The fraction of sp³-hybridized carbons (Fsp3) is 0.500. The van der Waals surface area contributed by atoms with Gasteiger partial charge in [-0.25, -0.2) is 4.52 Å². The topological polar surface area (TPSA) is 57.8 Å². The molecule has 1 fully saturated rings. The number of piperidine rings is 1. The number of hydrogen-bond donors (Lipinski definition) is 1. The molecule has 0 spiro atoms. The summed E-state index contributed by atoms with van der Waals surface area (Å²) < 4.78 is 1.71. The molecule has 2 aromatic rings. The van der Waals surface area contributed by atoms with Gasteiger partial charge in [-0.3, -0.25) is 4.79 Å². The van der Waals surface area contributed by atoms with Gasteiger partial charge in [-0.2, -0.15) is 5.10 Å². The summed E-state index contributed by atoms with van der Waals surface area (Å²) in [6, 6.07) is 5.70. The number of hydrogen-bond acceptors (Lipinski definition) is 3. The highest BCUT2D eigenvalue weighted by molar-refractivity contribution is 6.00. The monoisotopic (exact) mass is 287 g/mol. The Balaban J connectivity index is 1.86. The van der Waals surface area contributed by atoms with Gasteiger partial charge in [0, 0.05) is 25.2 Å². The van der Waals surface area contributed by atoms with Gasteiger partial charge in [-0.05, 0) is 31.9 Å². The molecule has 112 valence electrons.